The smallest absolute Gasteiger partial charge is 0.394 e. The minimum atomic E-state index is -3.28. The summed E-state index contributed by atoms with van der Waals surface area (Å²) in [5.74, 6) is -0.380. The molecule has 0 aliphatic rings. The summed E-state index contributed by atoms with van der Waals surface area (Å²) in [5, 5.41) is 3.60. The highest BCUT2D eigenvalue weighted by atomic mass is 19.3. The summed E-state index contributed by atoms with van der Waals surface area (Å²) in [6, 6.07) is 15.3. The fraction of sp³-hybridized carbons (Fsp3) is 0.0909. The molecule has 2 aromatic heterocycles. The molecule has 0 aliphatic heterocycles. The summed E-state index contributed by atoms with van der Waals surface area (Å²) in [4.78, 5) is 25.0. The second kappa shape index (κ2) is 7.82. The van der Waals surface area contributed by atoms with Gasteiger partial charge in [-0.05, 0) is 24.3 Å². The third kappa shape index (κ3) is 4.38. The normalized spacial score (nSPS) is 11.3. The Labute approximate surface area is 170 Å². The van der Waals surface area contributed by atoms with Crippen LogP contribution in [0.1, 0.15) is 17.4 Å². The number of carbonyl (C=O) groups excluding carboxylic acids is 1. The van der Waals surface area contributed by atoms with Crippen molar-refractivity contribution in [2.45, 2.75) is 13.0 Å². The van der Waals surface area contributed by atoms with Crippen molar-refractivity contribution < 1.29 is 18.3 Å². The van der Waals surface area contributed by atoms with Crippen molar-refractivity contribution in [1.82, 2.24) is 15.0 Å². The number of ether oxygens (including phenoxy) is 1. The molecule has 0 saturated carbocycles. The molecule has 8 heteroatoms. The second-order valence-corrected chi connectivity index (χ2v) is 6.56. The summed E-state index contributed by atoms with van der Waals surface area (Å²) >= 11 is 0. The van der Waals surface area contributed by atoms with Gasteiger partial charge in [0.2, 0.25) is 0 Å². The molecule has 1 amide bonds. The zero-order valence-corrected chi connectivity index (χ0v) is 15.8. The molecule has 150 valence electrons. The molecule has 0 aliphatic carbocycles. The number of aromatic nitrogens is 3. The fourth-order valence-electron chi connectivity index (χ4n) is 2.94. The van der Waals surface area contributed by atoms with Gasteiger partial charge in [-0.3, -0.25) is 9.78 Å². The highest BCUT2D eigenvalue weighted by Gasteiger charge is 2.23. The maximum Gasteiger partial charge on any atom is 0.394 e. The lowest BCUT2D eigenvalue weighted by Crippen LogP contribution is -2.19. The van der Waals surface area contributed by atoms with Crippen LogP contribution in [0.4, 0.5) is 14.5 Å². The molecule has 30 heavy (non-hydrogen) atoms. The quantitative estimate of drug-likeness (QED) is 0.508. The van der Waals surface area contributed by atoms with Gasteiger partial charge in [0.05, 0.1) is 23.1 Å². The molecular weight excluding hydrogens is 390 g/mol. The lowest BCUT2D eigenvalue weighted by Gasteiger charge is -2.14. The molecule has 0 radical (unpaired) electrons. The average Bonchev–Trinajstić information content (AvgIpc) is 2.73. The third-order valence-electron chi connectivity index (χ3n) is 4.19. The first-order chi connectivity index (χ1) is 14.4. The van der Waals surface area contributed by atoms with Crippen LogP contribution in [0, 0.1) is 0 Å². The van der Waals surface area contributed by atoms with E-state index in [-0.39, 0.29) is 11.4 Å². The topological polar surface area (TPSA) is 77.0 Å². The zero-order chi connectivity index (χ0) is 21.1. The Morgan fingerprint density at radius 1 is 1.07 bits per heavy atom. The van der Waals surface area contributed by atoms with Crippen LogP contribution in [-0.2, 0) is 0 Å². The average molecular weight is 406 g/mol. The Morgan fingerprint density at radius 3 is 2.67 bits per heavy atom. The van der Waals surface area contributed by atoms with E-state index in [1.807, 2.05) is 12.1 Å². The van der Waals surface area contributed by atoms with Crippen molar-refractivity contribution in [2.24, 2.45) is 0 Å². The molecule has 0 atom stereocenters. The van der Waals surface area contributed by atoms with Gasteiger partial charge in [0.25, 0.3) is 5.91 Å². The summed E-state index contributed by atoms with van der Waals surface area (Å²) in [5.41, 5.74) is 2.38. The minimum Gasteiger partial charge on any atom is -0.433 e. The first-order valence-electron chi connectivity index (χ1n) is 9.03. The number of alkyl halides is 2. The van der Waals surface area contributed by atoms with Crippen LogP contribution in [0.25, 0.3) is 22.2 Å². The van der Waals surface area contributed by atoms with Crippen LogP contribution in [-0.4, -0.2) is 27.0 Å². The number of benzene rings is 2. The number of anilines is 1. The third-order valence-corrected chi connectivity index (χ3v) is 4.19. The number of hydrogen-bond acceptors (Lipinski definition) is 5. The number of nitrogens with zero attached hydrogens (tertiary/aromatic N) is 3. The van der Waals surface area contributed by atoms with Gasteiger partial charge in [0, 0.05) is 30.3 Å². The minimum absolute atomic E-state index is 0.0335. The lowest BCUT2D eigenvalue weighted by atomic mass is 10.1. The Kier molecular flexibility index (Phi) is 5.05. The number of halogens is 2. The Balaban J connectivity index is 1.70. The SMILES string of the molecule is CC(F)(F)Oc1cccc(-c2ccc3cccc(NC(=O)c4cnccn4)c3n2)c1. The number of para-hydroxylation sites is 1. The number of rotatable bonds is 5. The van der Waals surface area contributed by atoms with Crippen LogP contribution in [0.5, 0.6) is 5.75 Å². The van der Waals surface area contributed by atoms with E-state index < -0.39 is 12.0 Å². The molecule has 0 unspecified atom stereocenters. The number of pyridine rings is 1. The van der Waals surface area contributed by atoms with Gasteiger partial charge >= 0.3 is 6.11 Å². The number of fused-ring (bicyclic) bond motifs is 1. The Bertz CT molecular complexity index is 1210. The van der Waals surface area contributed by atoms with Crippen LogP contribution in [0.3, 0.4) is 0 Å². The summed E-state index contributed by atoms with van der Waals surface area (Å²) in [6.07, 6.45) is 1.000. The molecular formula is C22H16F2N4O2. The largest absolute Gasteiger partial charge is 0.433 e. The molecule has 2 aromatic carbocycles. The highest BCUT2D eigenvalue weighted by molar-refractivity contribution is 6.07. The van der Waals surface area contributed by atoms with Crippen molar-refractivity contribution in [3.05, 3.63) is 78.9 Å². The molecule has 0 bridgehead atoms. The summed E-state index contributed by atoms with van der Waals surface area (Å²) in [7, 11) is 0. The molecule has 0 spiro atoms. The van der Waals surface area contributed by atoms with E-state index in [1.54, 1.807) is 30.3 Å². The fourth-order valence-corrected chi connectivity index (χ4v) is 2.94. The van der Waals surface area contributed by atoms with E-state index in [0.717, 1.165) is 5.39 Å². The van der Waals surface area contributed by atoms with E-state index in [0.29, 0.717) is 29.4 Å². The molecule has 2 heterocycles. The van der Waals surface area contributed by atoms with Gasteiger partial charge in [-0.25, -0.2) is 9.97 Å². The summed E-state index contributed by atoms with van der Waals surface area (Å²) < 4.78 is 31.0. The predicted molar refractivity (Wildman–Crippen MR) is 108 cm³/mol. The van der Waals surface area contributed by atoms with Gasteiger partial charge in [0.15, 0.2) is 0 Å². The van der Waals surface area contributed by atoms with Crippen LogP contribution in [0.2, 0.25) is 0 Å². The second-order valence-electron chi connectivity index (χ2n) is 6.56. The van der Waals surface area contributed by atoms with E-state index in [9.17, 15) is 13.6 Å². The molecule has 4 rings (SSSR count). The molecule has 0 fully saturated rings. The van der Waals surface area contributed by atoms with Gasteiger partial charge in [-0.15, -0.1) is 0 Å². The number of hydrogen-bond donors (Lipinski definition) is 1. The van der Waals surface area contributed by atoms with Crippen molar-refractivity contribution in [3.63, 3.8) is 0 Å². The maximum absolute atomic E-state index is 13.2. The Hall–Kier alpha value is -3.94. The number of carbonyl (C=O) groups is 1. The van der Waals surface area contributed by atoms with E-state index in [1.165, 1.54) is 30.7 Å². The zero-order valence-electron chi connectivity index (χ0n) is 15.8. The lowest BCUT2D eigenvalue weighted by molar-refractivity contribution is -0.158. The maximum atomic E-state index is 13.2. The van der Waals surface area contributed by atoms with Crippen molar-refractivity contribution in [1.29, 1.82) is 0 Å². The monoisotopic (exact) mass is 406 g/mol. The number of nitrogens with one attached hydrogen (secondary N) is 1. The van der Waals surface area contributed by atoms with Gasteiger partial charge in [-0.2, -0.15) is 8.78 Å². The molecule has 6 nitrogen and oxygen atoms in total. The van der Waals surface area contributed by atoms with E-state index in [2.05, 4.69) is 25.0 Å². The molecule has 4 aromatic rings. The molecule has 1 N–H and O–H groups in total. The van der Waals surface area contributed by atoms with Crippen molar-refractivity contribution in [3.8, 4) is 17.0 Å². The standard InChI is InChI=1S/C22H16F2N4O2/c1-22(23,24)30-16-6-2-5-15(12-16)17-9-8-14-4-3-7-18(20(14)27-17)28-21(29)19-13-25-10-11-26-19/h2-13H,1H3,(H,28,29). The van der Waals surface area contributed by atoms with Crippen molar-refractivity contribution in [2.75, 3.05) is 5.32 Å². The van der Waals surface area contributed by atoms with Gasteiger partial charge < -0.3 is 10.1 Å². The Morgan fingerprint density at radius 2 is 1.90 bits per heavy atom. The summed E-state index contributed by atoms with van der Waals surface area (Å²) in [6.45, 7) is 0.681. The van der Waals surface area contributed by atoms with E-state index >= 15 is 0 Å². The van der Waals surface area contributed by atoms with Gasteiger partial charge in [0.1, 0.15) is 11.4 Å². The van der Waals surface area contributed by atoms with Gasteiger partial charge in [-0.1, -0.05) is 30.3 Å². The predicted octanol–water partition coefficient (Wildman–Crippen LogP) is 4.94. The number of amides is 1. The van der Waals surface area contributed by atoms with Crippen molar-refractivity contribution >= 4 is 22.5 Å². The molecule has 0 saturated heterocycles. The van der Waals surface area contributed by atoms with Crippen LogP contribution < -0.4 is 10.1 Å². The highest BCUT2D eigenvalue weighted by Crippen LogP contribution is 2.29. The van der Waals surface area contributed by atoms with Crippen LogP contribution >= 0.6 is 0 Å². The first-order valence-corrected chi connectivity index (χ1v) is 9.03. The van der Waals surface area contributed by atoms with E-state index in [4.69, 9.17) is 0 Å². The van der Waals surface area contributed by atoms with Crippen LogP contribution in [0.15, 0.2) is 73.2 Å². The first kappa shape index (κ1) is 19.4.